The molecule has 0 saturated heterocycles. The molecule has 1 nitrogen and oxygen atoms in total. The van der Waals surface area contributed by atoms with Crippen LogP contribution in [0.4, 0.5) is 0 Å². The summed E-state index contributed by atoms with van der Waals surface area (Å²) in [5.41, 5.74) is 1.22. The van der Waals surface area contributed by atoms with E-state index in [1.54, 1.807) is 6.08 Å². The third-order valence-corrected chi connectivity index (χ3v) is 1.81. The largest absolute Gasteiger partial charge is 0.381 e. The Morgan fingerprint density at radius 1 is 1.11 bits per heavy atom. The third kappa shape index (κ3) is 24.0. The Hall–Kier alpha value is -1.50. The lowest BCUT2D eigenvalue weighted by Crippen LogP contribution is -2.07. The van der Waals surface area contributed by atoms with E-state index in [1.165, 1.54) is 5.70 Å². The predicted octanol–water partition coefficient (Wildman–Crippen LogP) is 5.36. The molecule has 0 heterocycles. The van der Waals surface area contributed by atoms with Gasteiger partial charge in [-0.05, 0) is 26.3 Å². The van der Waals surface area contributed by atoms with Crippen LogP contribution in [0.25, 0.3) is 0 Å². The number of nitrogens with zero attached hydrogens (tertiary/aromatic N) is 1. The molecule has 0 atom stereocenters. The Morgan fingerprint density at radius 3 is 1.94 bits per heavy atom. The smallest absolute Gasteiger partial charge is 0.00956 e. The van der Waals surface area contributed by atoms with Crippen LogP contribution in [0, 0.1) is 0 Å². The Balaban J connectivity index is -0.000000219. The highest BCUT2D eigenvalue weighted by molar-refractivity contribution is 5.05. The third-order valence-electron chi connectivity index (χ3n) is 1.81. The minimum atomic E-state index is 0.963. The number of rotatable bonds is 5. The van der Waals surface area contributed by atoms with Crippen LogP contribution in [0.2, 0.25) is 0 Å². The normalized spacial score (nSPS) is 10.2. The summed E-state index contributed by atoms with van der Waals surface area (Å²) in [6.45, 7) is 15.2. The highest BCUT2D eigenvalue weighted by Gasteiger charge is 1.84. The van der Waals surface area contributed by atoms with Crippen molar-refractivity contribution >= 4 is 0 Å². The van der Waals surface area contributed by atoms with E-state index in [2.05, 4.69) is 19.2 Å². The first-order chi connectivity index (χ1) is 8.59. The summed E-state index contributed by atoms with van der Waals surface area (Å²) in [5.74, 6) is 0. The maximum Gasteiger partial charge on any atom is 0.00956 e. The van der Waals surface area contributed by atoms with Crippen molar-refractivity contribution in [2.75, 3.05) is 14.1 Å². The summed E-state index contributed by atoms with van der Waals surface area (Å²) in [6.07, 6.45) is 14.7. The zero-order valence-corrected chi connectivity index (χ0v) is 13.1. The molecule has 0 aromatic rings. The molecule has 0 saturated carbocycles. The first-order valence-corrected chi connectivity index (χ1v) is 6.45. The predicted molar refractivity (Wildman–Crippen MR) is 87.8 cm³/mol. The molecule has 0 aliphatic rings. The topological polar surface area (TPSA) is 3.24 Å². The van der Waals surface area contributed by atoms with E-state index in [0.717, 1.165) is 6.42 Å². The molecule has 0 fully saturated rings. The number of allylic oxidation sites excluding steroid dienone is 8. The summed E-state index contributed by atoms with van der Waals surface area (Å²) in [5, 5.41) is 0. The molecule has 0 unspecified atom stereocenters. The fourth-order valence-corrected chi connectivity index (χ4v) is 0.684. The molecule has 0 aliphatic heterocycles. The molecule has 104 valence electrons. The average Bonchev–Trinajstić information content (AvgIpc) is 2.38. The Bertz CT molecular complexity index is 255. The molecule has 18 heavy (non-hydrogen) atoms. The lowest BCUT2D eigenvalue weighted by Gasteiger charge is -2.10. The lowest BCUT2D eigenvalue weighted by atomic mass is 10.3. The maximum absolute atomic E-state index is 3.58. The summed E-state index contributed by atoms with van der Waals surface area (Å²) in [7, 11) is 4.02. The molecule has 0 spiro atoms. The minimum Gasteiger partial charge on any atom is -0.381 e. The fraction of sp³-hybridized carbons (Fsp3) is 0.412. The quantitative estimate of drug-likeness (QED) is 0.468. The molecule has 0 amide bonds. The van der Waals surface area contributed by atoms with Gasteiger partial charge >= 0.3 is 0 Å². The van der Waals surface area contributed by atoms with Gasteiger partial charge in [0.25, 0.3) is 0 Å². The Morgan fingerprint density at radius 2 is 1.67 bits per heavy atom. The van der Waals surface area contributed by atoms with Crippen LogP contribution in [-0.4, -0.2) is 19.0 Å². The molecule has 0 aromatic heterocycles. The molecule has 0 N–H and O–H groups in total. The second-order valence-electron chi connectivity index (χ2n) is 3.42. The first-order valence-electron chi connectivity index (χ1n) is 6.45. The average molecular weight is 249 g/mol. The molecule has 0 rings (SSSR count). The van der Waals surface area contributed by atoms with Crippen LogP contribution in [0.15, 0.2) is 61.4 Å². The molecular weight excluding hydrogens is 218 g/mol. The maximum atomic E-state index is 3.58. The van der Waals surface area contributed by atoms with E-state index in [1.807, 2.05) is 77.1 Å². The van der Waals surface area contributed by atoms with Crippen LogP contribution in [0.5, 0.6) is 0 Å². The highest BCUT2D eigenvalue weighted by atomic mass is 15.1. The molecule has 0 aromatic carbocycles. The SMILES string of the molecule is C=C/C=C(\C)N(C)C.C=CC/C=C/C=C/C.CC. The van der Waals surface area contributed by atoms with Gasteiger partial charge in [0.05, 0.1) is 0 Å². The second-order valence-corrected chi connectivity index (χ2v) is 3.42. The van der Waals surface area contributed by atoms with Crippen molar-refractivity contribution in [3.8, 4) is 0 Å². The molecule has 1 heteroatoms. The molecule has 0 radical (unpaired) electrons. The van der Waals surface area contributed by atoms with Crippen molar-refractivity contribution in [3.63, 3.8) is 0 Å². The van der Waals surface area contributed by atoms with Gasteiger partial charge in [-0.3, -0.25) is 0 Å². The zero-order valence-electron chi connectivity index (χ0n) is 13.1. The van der Waals surface area contributed by atoms with Gasteiger partial charge in [-0.25, -0.2) is 0 Å². The monoisotopic (exact) mass is 249 g/mol. The van der Waals surface area contributed by atoms with Gasteiger partial charge in [-0.2, -0.15) is 0 Å². The van der Waals surface area contributed by atoms with E-state index in [0.29, 0.717) is 0 Å². The van der Waals surface area contributed by atoms with Crippen LogP contribution in [0.1, 0.15) is 34.1 Å². The van der Waals surface area contributed by atoms with Crippen LogP contribution < -0.4 is 0 Å². The van der Waals surface area contributed by atoms with E-state index in [9.17, 15) is 0 Å². The fourth-order valence-electron chi connectivity index (χ4n) is 0.684. The second kappa shape index (κ2) is 20.9. The first kappa shape index (κ1) is 21.8. The van der Waals surface area contributed by atoms with Crippen molar-refractivity contribution in [1.82, 2.24) is 4.90 Å². The van der Waals surface area contributed by atoms with E-state index >= 15 is 0 Å². The minimum absolute atomic E-state index is 0.963. The van der Waals surface area contributed by atoms with Crippen molar-refractivity contribution in [1.29, 1.82) is 0 Å². The molecular formula is C17H31N. The van der Waals surface area contributed by atoms with Crippen LogP contribution >= 0.6 is 0 Å². The Kier molecular flexibility index (Phi) is 25.2. The summed E-state index contributed by atoms with van der Waals surface area (Å²) in [6, 6.07) is 0. The zero-order chi connectivity index (χ0) is 14.8. The van der Waals surface area contributed by atoms with Gasteiger partial charge in [0, 0.05) is 19.8 Å². The summed E-state index contributed by atoms with van der Waals surface area (Å²) >= 11 is 0. The lowest BCUT2D eigenvalue weighted by molar-refractivity contribution is 0.514. The Labute approximate surface area is 115 Å². The molecule has 0 bridgehead atoms. The van der Waals surface area contributed by atoms with Crippen molar-refractivity contribution in [3.05, 3.63) is 61.4 Å². The van der Waals surface area contributed by atoms with Crippen molar-refractivity contribution in [2.45, 2.75) is 34.1 Å². The van der Waals surface area contributed by atoms with Crippen molar-refractivity contribution in [2.24, 2.45) is 0 Å². The van der Waals surface area contributed by atoms with Gasteiger partial charge in [0.2, 0.25) is 0 Å². The summed E-state index contributed by atoms with van der Waals surface area (Å²) < 4.78 is 0. The van der Waals surface area contributed by atoms with Crippen LogP contribution in [-0.2, 0) is 0 Å². The van der Waals surface area contributed by atoms with Crippen LogP contribution in [0.3, 0.4) is 0 Å². The standard InChI is InChI=1S/C8H12.C7H13N.C2H6/c1-3-5-7-8-6-4-2;1-5-6-7(2)8(3)4;1-2/h3-4,6-8H,1,5H2,2H3;5-6H,1H2,2-4H3;1-2H3/b6-4+,8-7+;7-6+;. The number of hydrogen-bond acceptors (Lipinski definition) is 1. The van der Waals surface area contributed by atoms with Gasteiger partial charge in [0.1, 0.15) is 0 Å². The van der Waals surface area contributed by atoms with Gasteiger partial charge in [-0.15, -0.1) is 6.58 Å². The summed E-state index contributed by atoms with van der Waals surface area (Å²) in [4.78, 5) is 2.04. The van der Waals surface area contributed by atoms with E-state index in [4.69, 9.17) is 0 Å². The highest BCUT2D eigenvalue weighted by Crippen LogP contribution is 1.93. The van der Waals surface area contributed by atoms with E-state index < -0.39 is 0 Å². The van der Waals surface area contributed by atoms with Gasteiger partial charge < -0.3 is 4.90 Å². The molecule has 0 aliphatic carbocycles. The van der Waals surface area contributed by atoms with Crippen molar-refractivity contribution < 1.29 is 0 Å². The van der Waals surface area contributed by atoms with Gasteiger partial charge in [-0.1, -0.05) is 56.9 Å². The van der Waals surface area contributed by atoms with Gasteiger partial charge in [0.15, 0.2) is 0 Å². The number of hydrogen-bond donors (Lipinski definition) is 0. The van der Waals surface area contributed by atoms with E-state index in [-0.39, 0.29) is 0 Å².